The van der Waals surface area contributed by atoms with Crippen molar-refractivity contribution in [3.8, 4) is 0 Å². The minimum Gasteiger partial charge on any atom is -0.432 e. The maximum Gasteiger partial charge on any atom is 0.315 e. The largest absolute Gasteiger partial charge is 0.432 e. The molecule has 14 atom stereocenters. The molecule has 4 bridgehead atoms. The van der Waals surface area contributed by atoms with Gasteiger partial charge < -0.3 is 18.9 Å². The van der Waals surface area contributed by atoms with Gasteiger partial charge in [0.2, 0.25) is 24.2 Å². The second-order valence-corrected chi connectivity index (χ2v) is 16.4. The van der Waals surface area contributed by atoms with E-state index in [4.69, 9.17) is 38.5 Å². The highest BCUT2D eigenvalue weighted by molar-refractivity contribution is 5.82. The lowest BCUT2D eigenvalue weighted by Crippen LogP contribution is -2.74. The molecule has 11 rings (SSSR count). The van der Waals surface area contributed by atoms with Crippen LogP contribution < -0.4 is 0 Å². The third-order valence-electron chi connectivity index (χ3n) is 13.8. The van der Waals surface area contributed by atoms with Crippen LogP contribution in [-0.2, 0) is 54.5 Å². The third kappa shape index (κ3) is 4.16. The molecule has 8 saturated heterocycles. The summed E-state index contributed by atoms with van der Waals surface area (Å²) < 4.78 is 39.6. The molecule has 10 nitrogen and oxygen atoms in total. The van der Waals surface area contributed by atoms with Crippen molar-refractivity contribution in [3.05, 3.63) is 35.6 Å². The van der Waals surface area contributed by atoms with Gasteiger partial charge >= 0.3 is 11.9 Å². The lowest BCUT2D eigenvalue weighted by Gasteiger charge is -2.63. The average Bonchev–Trinajstić information content (AvgIpc) is 3.41. The summed E-state index contributed by atoms with van der Waals surface area (Å²) in [5, 5.41) is 0. The summed E-state index contributed by atoms with van der Waals surface area (Å²) in [6, 6.07) is 6.23. The van der Waals surface area contributed by atoms with E-state index in [2.05, 4.69) is 13.8 Å². The number of ether oxygens (including phenoxy) is 4. The molecule has 8 aliphatic heterocycles. The minimum absolute atomic E-state index is 0.000437. The molecule has 11 heteroatoms. The molecule has 1 aromatic rings. The van der Waals surface area contributed by atoms with Crippen LogP contribution in [-0.4, -0.2) is 47.3 Å². The summed E-state index contributed by atoms with van der Waals surface area (Å²) in [7, 11) is 0. The van der Waals surface area contributed by atoms with E-state index in [1.54, 1.807) is 12.1 Å². The summed E-state index contributed by atoms with van der Waals surface area (Å²) in [5.41, 5.74) is -2.53. The fourth-order valence-corrected chi connectivity index (χ4v) is 11.5. The molecule has 1 aromatic carbocycles. The van der Waals surface area contributed by atoms with Crippen LogP contribution in [0.4, 0.5) is 4.39 Å². The highest BCUT2D eigenvalue weighted by Crippen LogP contribution is 2.67. The number of hydrogen-bond donors (Lipinski definition) is 0. The van der Waals surface area contributed by atoms with E-state index in [-0.39, 0.29) is 42.3 Å². The number of fused-ring (bicyclic) bond motifs is 4. The first-order valence-electron chi connectivity index (χ1n) is 17.7. The summed E-state index contributed by atoms with van der Waals surface area (Å²) >= 11 is 0. The lowest BCUT2D eigenvalue weighted by atomic mass is 9.49. The molecule has 10 fully saturated rings. The Bertz CT molecular complexity index is 1470. The molecule has 2 saturated carbocycles. The van der Waals surface area contributed by atoms with Crippen LogP contribution >= 0.6 is 0 Å². The molecule has 2 unspecified atom stereocenters. The molecule has 10 aliphatic rings. The van der Waals surface area contributed by atoms with Gasteiger partial charge in [0.1, 0.15) is 5.82 Å². The van der Waals surface area contributed by atoms with Crippen LogP contribution in [0.5, 0.6) is 0 Å². The molecule has 2 aliphatic carbocycles. The van der Waals surface area contributed by atoms with E-state index < -0.39 is 64.5 Å². The first kappa shape index (κ1) is 30.9. The predicted octanol–water partition coefficient (Wildman–Crippen LogP) is 5.91. The molecule has 256 valence electrons. The van der Waals surface area contributed by atoms with Gasteiger partial charge in [0, 0.05) is 36.5 Å². The molecule has 0 N–H and O–H groups in total. The summed E-state index contributed by atoms with van der Waals surface area (Å²) in [5.74, 6) is -4.06. The van der Waals surface area contributed by atoms with Crippen LogP contribution in [0.15, 0.2) is 24.3 Å². The highest BCUT2D eigenvalue weighted by atomic mass is 19.1. The van der Waals surface area contributed by atoms with Crippen LogP contribution in [0.2, 0.25) is 0 Å². The van der Waals surface area contributed by atoms with Gasteiger partial charge in [-0.15, -0.1) is 0 Å². The zero-order chi connectivity index (χ0) is 32.6. The number of hydrogen-bond acceptors (Lipinski definition) is 10. The van der Waals surface area contributed by atoms with Crippen molar-refractivity contribution >= 4 is 11.9 Å². The van der Waals surface area contributed by atoms with E-state index in [0.29, 0.717) is 31.6 Å². The molecule has 47 heavy (non-hydrogen) atoms. The topological polar surface area (TPSA) is 108 Å². The highest BCUT2D eigenvalue weighted by Gasteiger charge is 2.77. The first-order chi connectivity index (χ1) is 22.4. The molecule has 8 heterocycles. The normalized spacial score (nSPS) is 52.8. The minimum atomic E-state index is -1.24. The van der Waals surface area contributed by atoms with Crippen molar-refractivity contribution in [1.29, 1.82) is 0 Å². The van der Waals surface area contributed by atoms with E-state index in [1.807, 2.05) is 13.8 Å². The SMILES string of the molecule is C[C@@H]1CC[C@H]2C(Cc3ccc(F)cc3)(CC3C(=O)O[C@@H]4O[C@@]5(C)CC[C@H]6[C@H](C)CC[C@@H]3[C@@]46OO5)C(=O)O[C@@H]3O[C@@]4(C)CC[C@@H]1[C@]32OO4. The van der Waals surface area contributed by atoms with Crippen LogP contribution in [0.3, 0.4) is 0 Å². The lowest BCUT2D eigenvalue weighted by molar-refractivity contribution is -0.563. The Labute approximate surface area is 274 Å². The third-order valence-corrected chi connectivity index (χ3v) is 13.8. The van der Waals surface area contributed by atoms with Crippen molar-refractivity contribution < 1.29 is 52.5 Å². The van der Waals surface area contributed by atoms with Gasteiger partial charge in [-0.1, -0.05) is 26.0 Å². The van der Waals surface area contributed by atoms with Crippen molar-refractivity contribution in [3.63, 3.8) is 0 Å². The van der Waals surface area contributed by atoms with Gasteiger partial charge in [0.05, 0.1) is 11.3 Å². The quantitative estimate of drug-likeness (QED) is 0.287. The zero-order valence-electron chi connectivity index (χ0n) is 27.5. The molecular weight excluding hydrogens is 611 g/mol. The fraction of sp³-hybridized carbons (Fsp3) is 0.778. The van der Waals surface area contributed by atoms with Gasteiger partial charge in [-0.05, 0) is 94.7 Å². The predicted molar refractivity (Wildman–Crippen MR) is 158 cm³/mol. The molecular formula is C36H45FO10. The Hall–Kier alpha value is -2.15. The van der Waals surface area contributed by atoms with Crippen molar-refractivity contribution in [2.45, 2.75) is 127 Å². The van der Waals surface area contributed by atoms with E-state index in [0.717, 1.165) is 31.2 Å². The molecule has 0 radical (unpaired) electrons. The second-order valence-electron chi connectivity index (χ2n) is 16.4. The molecule has 0 amide bonds. The summed E-state index contributed by atoms with van der Waals surface area (Å²) in [4.78, 5) is 54.1. The van der Waals surface area contributed by atoms with Crippen molar-refractivity contribution in [1.82, 2.24) is 0 Å². The van der Waals surface area contributed by atoms with Crippen LogP contribution in [0.1, 0.15) is 91.0 Å². The first-order valence-corrected chi connectivity index (χ1v) is 17.7. The number of carbonyl (C=O) groups excluding carboxylic acids is 2. The van der Waals surface area contributed by atoms with Crippen molar-refractivity contribution in [2.24, 2.45) is 46.8 Å². The van der Waals surface area contributed by atoms with E-state index in [1.165, 1.54) is 12.1 Å². The Kier molecular flexibility index (Phi) is 6.70. The number of halogens is 1. The van der Waals surface area contributed by atoms with Gasteiger partial charge in [-0.2, -0.15) is 0 Å². The summed E-state index contributed by atoms with van der Waals surface area (Å²) in [6.07, 6.45) is 4.46. The van der Waals surface area contributed by atoms with Crippen LogP contribution in [0, 0.1) is 52.7 Å². The Morgan fingerprint density at radius 2 is 1.32 bits per heavy atom. The number of esters is 2. The Morgan fingerprint density at radius 1 is 0.723 bits per heavy atom. The smallest absolute Gasteiger partial charge is 0.315 e. The van der Waals surface area contributed by atoms with E-state index >= 15 is 0 Å². The molecule has 0 aromatic heterocycles. The van der Waals surface area contributed by atoms with Gasteiger partial charge in [0.25, 0.3) is 0 Å². The monoisotopic (exact) mass is 656 g/mol. The standard InChI is InChI=1S/C36H45FO10/c1-19-5-11-26-23(28(38)40-30-35(26)24(19)13-15-32(3,42-30)44-46-35)18-34(17-21-7-9-22(37)10-8-21)27-12-6-20(2)25-14-16-33(4)43-31(41-29(34)39)36(25,27)47-45-33/h7-10,19-20,23-27,30-31H,5-6,11-18H2,1-4H3/t19-,20-,23?,24+,25+,26+,27+,30-,31-,32-,33-,34?,35-,36-/m1/s1. The van der Waals surface area contributed by atoms with Gasteiger partial charge in [-0.25, -0.2) is 23.9 Å². The van der Waals surface area contributed by atoms with Gasteiger partial charge in [-0.3, -0.25) is 9.59 Å². The zero-order valence-corrected chi connectivity index (χ0v) is 27.5. The average molecular weight is 657 g/mol. The summed E-state index contributed by atoms with van der Waals surface area (Å²) in [6.45, 7) is 8.09. The number of carbonyl (C=O) groups is 2. The fourth-order valence-electron chi connectivity index (χ4n) is 11.5. The Morgan fingerprint density at radius 3 is 2.00 bits per heavy atom. The maximum absolute atomic E-state index is 14.9. The van der Waals surface area contributed by atoms with Crippen molar-refractivity contribution in [2.75, 3.05) is 0 Å². The molecule has 2 spiro atoms. The van der Waals surface area contributed by atoms with Crippen LogP contribution in [0.25, 0.3) is 0 Å². The Balaban J connectivity index is 1.18. The number of benzene rings is 1. The number of rotatable bonds is 4. The van der Waals surface area contributed by atoms with Gasteiger partial charge in [0.15, 0.2) is 11.2 Å². The second kappa shape index (κ2) is 10.2. The maximum atomic E-state index is 14.9. The van der Waals surface area contributed by atoms with E-state index in [9.17, 15) is 14.0 Å².